The van der Waals surface area contributed by atoms with E-state index in [1.807, 2.05) is 6.07 Å². The van der Waals surface area contributed by atoms with Crippen molar-refractivity contribution in [1.82, 2.24) is 0 Å². The molecule has 2 N–H and O–H groups in total. The van der Waals surface area contributed by atoms with E-state index in [0.29, 0.717) is 30.6 Å². The molecule has 0 amide bonds. The highest BCUT2D eigenvalue weighted by molar-refractivity contribution is 5.70. The summed E-state index contributed by atoms with van der Waals surface area (Å²) in [5.74, 6) is 1.05. The lowest BCUT2D eigenvalue weighted by Gasteiger charge is -2.13. The summed E-state index contributed by atoms with van der Waals surface area (Å²) in [4.78, 5) is 11.0. The summed E-state index contributed by atoms with van der Waals surface area (Å²) in [5, 5.41) is 0. The number of ether oxygens (including phenoxy) is 2. The van der Waals surface area contributed by atoms with E-state index in [0.717, 1.165) is 5.56 Å². The van der Waals surface area contributed by atoms with Gasteiger partial charge in [-0.3, -0.25) is 4.79 Å². The molecule has 0 aromatic heterocycles. The minimum Gasteiger partial charge on any atom is -0.489 e. The molecule has 0 aliphatic rings. The first kappa shape index (κ1) is 13.5. The maximum atomic E-state index is 11.0. The molecule has 0 atom stereocenters. The van der Waals surface area contributed by atoms with Gasteiger partial charge in [0.2, 0.25) is 0 Å². The van der Waals surface area contributed by atoms with Crippen LogP contribution in [0.2, 0.25) is 0 Å². The van der Waals surface area contributed by atoms with Crippen molar-refractivity contribution in [1.29, 1.82) is 0 Å². The Hall–Kier alpha value is -1.55. The summed E-state index contributed by atoms with van der Waals surface area (Å²) >= 11 is 0. The number of esters is 1. The van der Waals surface area contributed by atoms with Gasteiger partial charge in [-0.05, 0) is 23.6 Å². The van der Waals surface area contributed by atoms with Crippen LogP contribution in [0.15, 0.2) is 18.2 Å². The van der Waals surface area contributed by atoms with Crippen molar-refractivity contribution in [2.24, 2.45) is 11.7 Å². The lowest BCUT2D eigenvalue weighted by molar-refractivity contribution is -0.132. The van der Waals surface area contributed by atoms with E-state index < -0.39 is 0 Å². The zero-order chi connectivity index (χ0) is 12.8. The van der Waals surface area contributed by atoms with Crippen molar-refractivity contribution >= 4 is 5.97 Å². The van der Waals surface area contributed by atoms with Gasteiger partial charge < -0.3 is 15.2 Å². The molecule has 0 aliphatic carbocycles. The molecule has 0 unspecified atom stereocenters. The third kappa shape index (κ3) is 4.44. The lowest BCUT2D eigenvalue weighted by Crippen LogP contribution is -2.09. The number of carbonyl (C=O) groups excluding carboxylic acids is 1. The number of carbonyl (C=O) groups is 1. The predicted octanol–water partition coefficient (Wildman–Crippen LogP) is 2.11. The zero-order valence-electron chi connectivity index (χ0n) is 10.5. The van der Waals surface area contributed by atoms with Crippen molar-refractivity contribution in [3.63, 3.8) is 0 Å². The highest BCUT2D eigenvalue weighted by Gasteiger charge is 2.09. The van der Waals surface area contributed by atoms with Crippen LogP contribution in [0.3, 0.4) is 0 Å². The molecule has 0 radical (unpaired) electrons. The summed E-state index contributed by atoms with van der Waals surface area (Å²) in [6.07, 6.45) is 0. The lowest BCUT2D eigenvalue weighted by atomic mass is 10.2. The molecule has 0 fully saturated rings. The maximum absolute atomic E-state index is 11.0. The molecule has 0 spiro atoms. The Labute approximate surface area is 102 Å². The SMILES string of the molecule is CC(=O)Oc1cc(CN)ccc1OCC(C)C. The van der Waals surface area contributed by atoms with E-state index in [1.165, 1.54) is 6.92 Å². The van der Waals surface area contributed by atoms with Crippen LogP contribution in [0.5, 0.6) is 11.5 Å². The molecule has 0 aliphatic heterocycles. The highest BCUT2D eigenvalue weighted by atomic mass is 16.6. The second-order valence-electron chi connectivity index (χ2n) is 4.28. The van der Waals surface area contributed by atoms with E-state index in [-0.39, 0.29) is 5.97 Å². The normalized spacial score (nSPS) is 10.4. The fourth-order valence-electron chi connectivity index (χ4n) is 1.29. The largest absolute Gasteiger partial charge is 0.489 e. The van der Waals surface area contributed by atoms with Crippen molar-refractivity contribution < 1.29 is 14.3 Å². The van der Waals surface area contributed by atoms with Crippen molar-refractivity contribution in [2.75, 3.05) is 6.61 Å². The third-order valence-electron chi connectivity index (χ3n) is 2.07. The third-order valence-corrected chi connectivity index (χ3v) is 2.07. The topological polar surface area (TPSA) is 61.5 Å². The van der Waals surface area contributed by atoms with Crippen molar-refractivity contribution in [3.05, 3.63) is 23.8 Å². The van der Waals surface area contributed by atoms with Gasteiger partial charge in [0, 0.05) is 13.5 Å². The Morgan fingerprint density at radius 1 is 1.35 bits per heavy atom. The number of nitrogens with two attached hydrogens (primary N) is 1. The second kappa shape index (κ2) is 6.25. The van der Waals surface area contributed by atoms with Crippen LogP contribution in [-0.2, 0) is 11.3 Å². The van der Waals surface area contributed by atoms with E-state index >= 15 is 0 Å². The molecule has 17 heavy (non-hydrogen) atoms. The first-order valence-electron chi connectivity index (χ1n) is 5.67. The maximum Gasteiger partial charge on any atom is 0.308 e. The monoisotopic (exact) mass is 237 g/mol. The van der Waals surface area contributed by atoms with E-state index in [1.54, 1.807) is 12.1 Å². The molecule has 0 saturated heterocycles. The Kier molecular flexibility index (Phi) is 4.97. The number of benzene rings is 1. The van der Waals surface area contributed by atoms with Crippen molar-refractivity contribution in [2.45, 2.75) is 27.3 Å². The predicted molar refractivity (Wildman–Crippen MR) is 66.0 cm³/mol. The van der Waals surface area contributed by atoms with Gasteiger partial charge in [-0.1, -0.05) is 19.9 Å². The van der Waals surface area contributed by atoms with Crippen LogP contribution < -0.4 is 15.2 Å². The van der Waals surface area contributed by atoms with Gasteiger partial charge in [-0.2, -0.15) is 0 Å². The van der Waals surface area contributed by atoms with Gasteiger partial charge in [0.05, 0.1) is 6.61 Å². The van der Waals surface area contributed by atoms with Crippen LogP contribution >= 0.6 is 0 Å². The van der Waals surface area contributed by atoms with E-state index in [9.17, 15) is 4.79 Å². The quantitative estimate of drug-likeness (QED) is 0.629. The van der Waals surface area contributed by atoms with Crippen LogP contribution in [0, 0.1) is 5.92 Å². The molecule has 1 aromatic rings. The van der Waals surface area contributed by atoms with Gasteiger partial charge in [0.25, 0.3) is 0 Å². The zero-order valence-corrected chi connectivity index (χ0v) is 10.5. The van der Waals surface area contributed by atoms with Gasteiger partial charge >= 0.3 is 5.97 Å². The highest BCUT2D eigenvalue weighted by Crippen LogP contribution is 2.28. The molecular formula is C13H19NO3. The minimum absolute atomic E-state index is 0.367. The standard InChI is InChI=1S/C13H19NO3/c1-9(2)8-16-12-5-4-11(7-14)6-13(12)17-10(3)15/h4-6,9H,7-8,14H2,1-3H3. The fraction of sp³-hybridized carbons (Fsp3) is 0.462. The van der Waals surface area contributed by atoms with E-state index in [4.69, 9.17) is 15.2 Å². The van der Waals surface area contributed by atoms with Crippen LogP contribution in [0.1, 0.15) is 26.3 Å². The molecule has 0 saturated carbocycles. The molecule has 1 rings (SSSR count). The Morgan fingerprint density at radius 3 is 2.59 bits per heavy atom. The smallest absolute Gasteiger partial charge is 0.308 e. The average molecular weight is 237 g/mol. The Bertz CT molecular complexity index is 388. The second-order valence-corrected chi connectivity index (χ2v) is 4.28. The molecule has 0 heterocycles. The number of hydrogen-bond acceptors (Lipinski definition) is 4. The summed E-state index contributed by atoms with van der Waals surface area (Å²) < 4.78 is 10.7. The van der Waals surface area contributed by atoms with E-state index in [2.05, 4.69) is 13.8 Å². The molecule has 4 nitrogen and oxygen atoms in total. The van der Waals surface area contributed by atoms with Crippen molar-refractivity contribution in [3.8, 4) is 11.5 Å². The van der Waals surface area contributed by atoms with Gasteiger partial charge in [-0.15, -0.1) is 0 Å². The minimum atomic E-state index is -0.367. The summed E-state index contributed by atoms with van der Waals surface area (Å²) in [7, 11) is 0. The first-order chi connectivity index (χ1) is 8.02. The molecule has 94 valence electrons. The molecule has 1 aromatic carbocycles. The summed E-state index contributed by atoms with van der Waals surface area (Å²) in [5.41, 5.74) is 6.44. The number of rotatable bonds is 5. The molecule has 0 bridgehead atoms. The van der Waals surface area contributed by atoms with Crippen LogP contribution in [0.25, 0.3) is 0 Å². The summed E-state index contributed by atoms with van der Waals surface area (Å²) in [6, 6.07) is 5.38. The van der Waals surface area contributed by atoms with Gasteiger partial charge in [0.15, 0.2) is 11.5 Å². The fourth-order valence-corrected chi connectivity index (χ4v) is 1.29. The van der Waals surface area contributed by atoms with Crippen LogP contribution in [-0.4, -0.2) is 12.6 Å². The van der Waals surface area contributed by atoms with Crippen LogP contribution in [0.4, 0.5) is 0 Å². The van der Waals surface area contributed by atoms with Gasteiger partial charge in [-0.25, -0.2) is 0 Å². The Balaban J connectivity index is 2.89. The van der Waals surface area contributed by atoms with Gasteiger partial charge in [0.1, 0.15) is 0 Å². The first-order valence-corrected chi connectivity index (χ1v) is 5.67. The average Bonchev–Trinajstić information content (AvgIpc) is 2.26. The molecule has 4 heteroatoms. The Morgan fingerprint density at radius 2 is 2.06 bits per heavy atom. The molecular weight excluding hydrogens is 218 g/mol. The number of hydrogen-bond donors (Lipinski definition) is 1. The summed E-state index contributed by atoms with van der Waals surface area (Å²) in [6.45, 7) is 6.45.